The lowest BCUT2D eigenvalue weighted by Crippen LogP contribution is -2.49. The number of anilines is 1. The number of carbonyl (C=O) groups excluding carboxylic acids is 1. The molecule has 0 aliphatic carbocycles. The second-order valence-electron chi connectivity index (χ2n) is 7.23. The molecule has 1 fully saturated rings. The SMILES string of the molecule is Cc1ccc(Cl)cc1N1CCN(C(=O)c2cc(OCc3ccccc3)ncn2)CC1. The molecule has 1 aromatic heterocycles. The van der Waals surface area contributed by atoms with Gasteiger partial charge in [0.1, 0.15) is 18.6 Å². The number of halogens is 1. The maximum atomic E-state index is 12.9. The summed E-state index contributed by atoms with van der Waals surface area (Å²) in [4.78, 5) is 25.3. The zero-order valence-corrected chi connectivity index (χ0v) is 17.5. The normalized spacial score (nSPS) is 13.9. The Bertz CT molecular complexity index is 1020. The number of nitrogens with zero attached hydrogens (tertiary/aromatic N) is 4. The summed E-state index contributed by atoms with van der Waals surface area (Å²) in [6.45, 7) is 5.19. The Labute approximate surface area is 181 Å². The predicted octanol–water partition coefficient (Wildman–Crippen LogP) is 3.98. The molecule has 4 rings (SSSR count). The average molecular weight is 423 g/mol. The molecule has 154 valence electrons. The Morgan fingerprint density at radius 3 is 2.57 bits per heavy atom. The smallest absolute Gasteiger partial charge is 0.272 e. The Morgan fingerprint density at radius 1 is 1.03 bits per heavy atom. The van der Waals surface area contributed by atoms with E-state index in [4.69, 9.17) is 16.3 Å². The fourth-order valence-electron chi connectivity index (χ4n) is 3.50. The van der Waals surface area contributed by atoms with Gasteiger partial charge in [0, 0.05) is 43.0 Å². The van der Waals surface area contributed by atoms with Crippen LogP contribution in [0, 0.1) is 6.92 Å². The quantitative estimate of drug-likeness (QED) is 0.622. The summed E-state index contributed by atoms with van der Waals surface area (Å²) in [5.41, 5.74) is 3.68. The number of hydrogen-bond donors (Lipinski definition) is 0. The first-order chi connectivity index (χ1) is 14.6. The lowest BCUT2D eigenvalue weighted by molar-refractivity contribution is 0.0740. The van der Waals surface area contributed by atoms with Crippen LogP contribution >= 0.6 is 11.6 Å². The highest BCUT2D eigenvalue weighted by Crippen LogP contribution is 2.25. The van der Waals surface area contributed by atoms with Crippen molar-refractivity contribution in [2.75, 3.05) is 31.1 Å². The topological polar surface area (TPSA) is 58.6 Å². The Hall–Kier alpha value is -3.12. The van der Waals surface area contributed by atoms with Gasteiger partial charge in [-0.25, -0.2) is 9.97 Å². The fourth-order valence-corrected chi connectivity index (χ4v) is 3.67. The molecule has 0 N–H and O–H groups in total. The molecular formula is C23H23ClN4O2. The van der Waals surface area contributed by atoms with E-state index in [1.54, 1.807) is 6.07 Å². The molecule has 0 saturated carbocycles. The van der Waals surface area contributed by atoms with Crippen molar-refractivity contribution in [3.8, 4) is 5.88 Å². The highest BCUT2D eigenvalue weighted by atomic mass is 35.5. The standard InChI is InChI=1S/C23H23ClN4O2/c1-17-7-8-19(24)13-21(17)27-9-11-28(12-10-27)23(29)20-14-22(26-16-25-20)30-15-18-5-3-2-4-6-18/h2-8,13-14,16H,9-12,15H2,1H3. The highest BCUT2D eigenvalue weighted by molar-refractivity contribution is 6.30. The maximum Gasteiger partial charge on any atom is 0.272 e. The van der Waals surface area contributed by atoms with Crippen molar-refractivity contribution < 1.29 is 9.53 Å². The van der Waals surface area contributed by atoms with Crippen LogP contribution in [0.25, 0.3) is 0 Å². The molecule has 2 aromatic carbocycles. The van der Waals surface area contributed by atoms with Gasteiger partial charge in [0.2, 0.25) is 5.88 Å². The molecule has 6 nitrogen and oxygen atoms in total. The molecule has 1 aliphatic rings. The largest absolute Gasteiger partial charge is 0.473 e. The van der Waals surface area contributed by atoms with Gasteiger partial charge >= 0.3 is 0 Å². The van der Waals surface area contributed by atoms with E-state index < -0.39 is 0 Å². The first-order valence-electron chi connectivity index (χ1n) is 9.89. The van der Waals surface area contributed by atoms with E-state index in [2.05, 4.69) is 21.8 Å². The molecule has 30 heavy (non-hydrogen) atoms. The van der Waals surface area contributed by atoms with Crippen LogP contribution in [0.2, 0.25) is 5.02 Å². The summed E-state index contributed by atoms with van der Waals surface area (Å²) in [5.74, 6) is 0.287. The van der Waals surface area contributed by atoms with Crippen molar-refractivity contribution in [2.45, 2.75) is 13.5 Å². The lowest BCUT2D eigenvalue weighted by Gasteiger charge is -2.36. The highest BCUT2D eigenvalue weighted by Gasteiger charge is 2.24. The van der Waals surface area contributed by atoms with Gasteiger partial charge in [-0.2, -0.15) is 0 Å². The van der Waals surface area contributed by atoms with Crippen molar-refractivity contribution in [2.24, 2.45) is 0 Å². The monoisotopic (exact) mass is 422 g/mol. The van der Waals surface area contributed by atoms with Gasteiger partial charge in [-0.3, -0.25) is 4.79 Å². The van der Waals surface area contributed by atoms with Crippen LogP contribution in [0.1, 0.15) is 21.6 Å². The minimum atomic E-state index is -0.107. The van der Waals surface area contributed by atoms with E-state index >= 15 is 0 Å². The summed E-state index contributed by atoms with van der Waals surface area (Å²) in [5, 5.41) is 0.720. The predicted molar refractivity (Wildman–Crippen MR) is 117 cm³/mol. The first kappa shape index (κ1) is 20.2. The van der Waals surface area contributed by atoms with Crippen molar-refractivity contribution in [3.63, 3.8) is 0 Å². The first-order valence-corrected chi connectivity index (χ1v) is 10.3. The van der Waals surface area contributed by atoms with Gasteiger partial charge in [0.15, 0.2) is 0 Å². The third-order valence-corrected chi connectivity index (χ3v) is 5.40. The van der Waals surface area contributed by atoms with E-state index in [1.807, 2.05) is 53.4 Å². The second-order valence-corrected chi connectivity index (χ2v) is 7.66. The fraction of sp³-hybridized carbons (Fsp3) is 0.261. The van der Waals surface area contributed by atoms with Gasteiger partial charge in [0.25, 0.3) is 5.91 Å². The molecule has 0 unspecified atom stereocenters. The number of benzene rings is 2. The zero-order valence-electron chi connectivity index (χ0n) is 16.8. The maximum absolute atomic E-state index is 12.9. The number of hydrogen-bond acceptors (Lipinski definition) is 5. The summed E-state index contributed by atoms with van der Waals surface area (Å²) >= 11 is 6.16. The molecule has 0 radical (unpaired) electrons. The van der Waals surface area contributed by atoms with Crippen molar-refractivity contribution in [3.05, 3.63) is 82.8 Å². The number of piperazine rings is 1. The number of amides is 1. The molecule has 7 heteroatoms. The molecule has 2 heterocycles. The minimum Gasteiger partial charge on any atom is -0.473 e. The van der Waals surface area contributed by atoms with Gasteiger partial charge in [-0.15, -0.1) is 0 Å². The van der Waals surface area contributed by atoms with Gasteiger partial charge in [-0.05, 0) is 30.2 Å². The van der Waals surface area contributed by atoms with E-state index in [0.717, 1.165) is 29.4 Å². The molecular weight excluding hydrogens is 400 g/mol. The number of rotatable bonds is 5. The van der Waals surface area contributed by atoms with E-state index in [-0.39, 0.29) is 5.91 Å². The van der Waals surface area contributed by atoms with Crippen molar-refractivity contribution in [1.29, 1.82) is 0 Å². The van der Waals surface area contributed by atoms with Gasteiger partial charge in [0.05, 0.1) is 0 Å². The Morgan fingerprint density at radius 2 is 1.80 bits per heavy atom. The molecule has 1 amide bonds. The summed E-state index contributed by atoms with van der Waals surface area (Å²) in [6.07, 6.45) is 1.37. The molecule has 0 spiro atoms. The molecule has 1 aliphatic heterocycles. The Balaban J connectivity index is 1.37. The molecule has 0 bridgehead atoms. The van der Waals surface area contributed by atoms with Gasteiger partial charge < -0.3 is 14.5 Å². The number of aryl methyl sites for hydroxylation is 1. The lowest BCUT2D eigenvalue weighted by atomic mass is 10.1. The van der Waals surface area contributed by atoms with Crippen molar-refractivity contribution >= 4 is 23.2 Å². The van der Waals surface area contributed by atoms with Crippen LogP contribution in [-0.2, 0) is 6.61 Å². The second kappa shape index (κ2) is 9.13. The van der Waals surface area contributed by atoms with E-state index in [1.165, 1.54) is 11.9 Å². The summed E-state index contributed by atoms with van der Waals surface area (Å²) < 4.78 is 5.73. The zero-order chi connectivity index (χ0) is 20.9. The van der Waals surface area contributed by atoms with Crippen LogP contribution in [0.5, 0.6) is 5.88 Å². The van der Waals surface area contributed by atoms with Crippen LogP contribution in [0.3, 0.4) is 0 Å². The number of aromatic nitrogens is 2. The minimum absolute atomic E-state index is 0.107. The third-order valence-electron chi connectivity index (χ3n) is 5.17. The third kappa shape index (κ3) is 4.71. The molecule has 1 saturated heterocycles. The van der Waals surface area contributed by atoms with E-state index in [9.17, 15) is 4.79 Å². The summed E-state index contributed by atoms with van der Waals surface area (Å²) in [6, 6.07) is 17.3. The average Bonchev–Trinajstić information content (AvgIpc) is 2.80. The Kier molecular flexibility index (Phi) is 6.14. The van der Waals surface area contributed by atoms with Crippen LogP contribution < -0.4 is 9.64 Å². The van der Waals surface area contributed by atoms with Crippen LogP contribution in [0.15, 0.2) is 60.9 Å². The van der Waals surface area contributed by atoms with E-state index in [0.29, 0.717) is 31.3 Å². The number of carbonyl (C=O) groups is 1. The van der Waals surface area contributed by atoms with Gasteiger partial charge in [-0.1, -0.05) is 48.0 Å². The van der Waals surface area contributed by atoms with Crippen molar-refractivity contribution in [1.82, 2.24) is 14.9 Å². The van der Waals surface area contributed by atoms with Crippen LogP contribution in [0.4, 0.5) is 5.69 Å². The van der Waals surface area contributed by atoms with Crippen LogP contribution in [-0.4, -0.2) is 47.0 Å². The number of ether oxygens (including phenoxy) is 1. The molecule has 3 aromatic rings. The molecule has 0 atom stereocenters. The summed E-state index contributed by atoms with van der Waals surface area (Å²) in [7, 11) is 0.